The molecule has 0 saturated carbocycles. The second-order valence-electron chi connectivity index (χ2n) is 4.52. The largest absolute Gasteiger partial charge is 0.458 e. The number of hydrogen-bond acceptors (Lipinski definition) is 4. The van der Waals surface area contributed by atoms with E-state index in [0.717, 1.165) is 11.1 Å². The number of thioether (sulfide) groups is 1. The summed E-state index contributed by atoms with van der Waals surface area (Å²) in [4.78, 5) is 12.8. The number of esters is 1. The van der Waals surface area contributed by atoms with Crippen LogP contribution in [-0.4, -0.2) is 12.2 Å². The van der Waals surface area contributed by atoms with Gasteiger partial charge in [0.05, 0.1) is 11.6 Å². The third-order valence-corrected chi connectivity index (χ3v) is 3.74. The second-order valence-corrected chi connectivity index (χ2v) is 5.40. The van der Waals surface area contributed by atoms with Crippen molar-refractivity contribution < 1.29 is 9.53 Å². The molecule has 3 nitrogen and oxygen atoms in total. The van der Waals surface area contributed by atoms with Gasteiger partial charge in [-0.05, 0) is 47.7 Å². The van der Waals surface area contributed by atoms with Gasteiger partial charge in [-0.3, -0.25) is 0 Å². The van der Waals surface area contributed by atoms with Gasteiger partial charge >= 0.3 is 5.97 Å². The lowest BCUT2D eigenvalue weighted by Gasteiger charge is -2.03. The predicted octanol–water partition coefficient (Wildman–Crippen LogP) is 4.04. The van der Waals surface area contributed by atoms with Crippen molar-refractivity contribution >= 4 is 23.8 Å². The summed E-state index contributed by atoms with van der Waals surface area (Å²) in [6.45, 7) is 0.255. The smallest absolute Gasteiger partial charge is 0.331 e. The van der Waals surface area contributed by atoms with Gasteiger partial charge in [-0.15, -0.1) is 11.8 Å². The number of ether oxygens (including phenoxy) is 1. The first-order valence-corrected chi connectivity index (χ1v) is 7.91. The Kier molecular flexibility index (Phi) is 5.81. The minimum Gasteiger partial charge on any atom is -0.458 e. The fourth-order valence-corrected chi connectivity index (χ4v) is 2.17. The number of benzene rings is 2. The van der Waals surface area contributed by atoms with Gasteiger partial charge in [-0.1, -0.05) is 24.3 Å². The summed E-state index contributed by atoms with van der Waals surface area (Å²) >= 11 is 1.67. The van der Waals surface area contributed by atoms with E-state index in [2.05, 4.69) is 0 Å². The third kappa shape index (κ3) is 4.80. The van der Waals surface area contributed by atoms with E-state index in [9.17, 15) is 4.79 Å². The minimum absolute atomic E-state index is 0.255. The van der Waals surface area contributed by atoms with E-state index in [4.69, 9.17) is 10.00 Å². The van der Waals surface area contributed by atoms with E-state index < -0.39 is 5.97 Å². The number of nitriles is 1. The number of nitrogens with zero attached hydrogens (tertiary/aromatic N) is 1. The van der Waals surface area contributed by atoms with Crippen molar-refractivity contribution in [2.75, 3.05) is 6.26 Å². The average Bonchev–Trinajstić information content (AvgIpc) is 2.59. The molecule has 0 spiro atoms. The third-order valence-electron chi connectivity index (χ3n) is 2.99. The first-order chi connectivity index (χ1) is 10.7. The molecule has 0 aliphatic heterocycles. The second kappa shape index (κ2) is 8.06. The highest BCUT2D eigenvalue weighted by Gasteiger charge is 1.99. The highest BCUT2D eigenvalue weighted by atomic mass is 32.2. The number of carbonyl (C=O) groups is 1. The van der Waals surface area contributed by atoms with E-state index in [1.807, 2.05) is 36.6 Å². The molecule has 0 bridgehead atoms. The van der Waals surface area contributed by atoms with Crippen LogP contribution in [0.15, 0.2) is 59.5 Å². The van der Waals surface area contributed by atoms with Crippen molar-refractivity contribution in [2.45, 2.75) is 11.5 Å². The van der Waals surface area contributed by atoms with Crippen LogP contribution >= 0.6 is 11.8 Å². The summed E-state index contributed by atoms with van der Waals surface area (Å²) in [5.74, 6) is -0.390. The highest BCUT2D eigenvalue weighted by Crippen LogP contribution is 2.15. The monoisotopic (exact) mass is 309 g/mol. The van der Waals surface area contributed by atoms with Crippen LogP contribution in [0.1, 0.15) is 16.7 Å². The van der Waals surface area contributed by atoms with E-state index >= 15 is 0 Å². The van der Waals surface area contributed by atoms with Gasteiger partial charge < -0.3 is 4.74 Å². The Balaban J connectivity index is 1.86. The predicted molar refractivity (Wildman–Crippen MR) is 88.2 cm³/mol. The standard InChI is InChI=1S/C18H15NO2S/c1-22-17-9-6-16(7-10-17)13-21-18(20)11-8-14-2-4-15(12-19)5-3-14/h2-11H,13H2,1H3/b11-8+. The molecular formula is C18H15NO2S. The molecule has 2 aromatic rings. The van der Waals surface area contributed by atoms with E-state index in [1.165, 1.54) is 11.0 Å². The fraction of sp³-hybridized carbons (Fsp3) is 0.111. The first kappa shape index (κ1) is 15.9. The highest BCUT2D eigenvalue weighted by molar-refractivity contribution is 7.98. The topological polar surface area (TPSA) is 50.1 Å². The molecule has 0 radical (unpaired) electrons. The molecule has 22 heavy (non-hydrogen) atoms. The maximum absolute atomic E-state index is 11.7. The van der Waals surface area contributed by atoms with Crippen molar-refractivity contribution in [1.82, 2.24) is 0 Å². The molecule has 2 aromatic carbocycles. The first-order valence-electron chi connectivity index (χ1n) is 6.69. The molecule has 0 fully saturated rings. The molecule has 0 amide bonds. The zero-order chi connectivity index (χ0) is 15.8. The molecule has 110 valence electrons. The minimum atomic E-state index is -0.390. The molecule has 0 N–H and O–H groups in total. The lowest BCUT2D eigenvalue weighted by molar-refractivity contribution is -0.138. The number of hydrogen-bond donors (Lipinski definition) is 0. The molecule has 0 heterocycles. The van der Waals surface area contributed by atoms with Gasteiger partial charge in [0.15, 0.2) is 0 Å². The van der Waals surface area contributed by atoms with Gasteiger partial charge in [-0.2, -0.15) is 5.26 Å². The van der Waals surface area contributed by atoms with Crippen LogP contribution in [0.3, 0.4) is 0 Å². The van der Waals surface area contributed by atoms with Crippen molar-refractivity contribution in [3.05, 3.63) is 71.3 Å². The van der Waals surface area contributed by atoms with E-state index in [1.54, 1.807) is 42.1 Å². The van der Waals surface area contributed by atoms with Gasteiger partial charge in [-0.25, -0.2) is 4.79 Å². The Morgan fingerprint density at radius 2 is 1.86 bits per heavy atom. The summed E-state index contributed by atoms with van der Waals surface area (Å²) in [6.07, 6.45) is 5.07. The zero-order valence-corrected chi connectivity index (χ0v) is 13.0. The Bertz CT molecular complexity index is 697. The lowest BCUT2D eigenvalue weighted by atomic mass is 10.1. The maximum Gasteiger partial charge on any atom is 0.331 e. The Morgan fingerprint density at radius 1 is 1.18 bits per heavy atom. The van der Waals surface area contributed by atoms with Gasteiger partial charge in [0.1, 0.15) is 6.61 Å². The molecule has 4 heteroatoms. The van der Waals surface area contributed by atoms with Crippen LogP contribution in [0, 0.1) is 11.3 Å². The fourth-order valence-electron chi connectivity index (χ4n) is 1.76. The number of rotatable bonds is 5. The Labute approximate surface area is 134 Å². The Hall–Kier alpha value is -2.51. The summed E-state index contributed by atoms with van der Waals surface area (Å²) in [5, 5.41) is 8.71. The van der Waals surface area contributed by atoms with E-state index in [0.29, 0.717) is 5.56 Å². The normalized spacial score (nSPS) is 10.4. The van der Waals surface area contributed by atoms with Gasteiger partial charge in [0.2, 0.25) is 0 Å². The molecule has 0 saturated heterocycles. The van der Waals surface area contributed by atoms with Crippen molar-refractivity contribution in [3.63, 3.8) is 0 Å². The van der Waals surface area contributed by atoms with Crippen LogP contribution in [-0.2, 0) is 16.1 Å². The zero-order valence-electron chi connectivity index (χ0n) is 12.2. The summed E-state index contributed by atoms with van der Waals surface area (Å²) < 4.78 is 5.18. The molecule has 0 unspecified atom stereocenters. The van der Waals surface area contributed by atoms with E-state index in [-0.39, 0.29) is 6.61 Å². The summed E-state index contributed by atoms with van der Waals surface area (Å²) in [7, 11) is 0. The number of carbonyl (C=O) groups excluding carboxylic acids is 1. The van der Waals surface area contributed by atoms with Crippen molar-refractivity contribution in [2.24, 2.45) is 0 Å². The Morgan fingerprint density at radius 3 is 2.45 bits per heavy atom. The molecule has 2 rings (SSSR count). The van der Waals surface area contributed by atoms with Crippen LogP contribution in [0.25, 0.3) is 6.08 Å². The average molecular weight is 309 g/mol. The molecule has 0 aromatic heterocycles. The molecular weight excluding hydrogens is 294 g/mol. The summed E-state index contributed by atoms with van der Waals surface area (Å²) in [6, 6.07) is 16.9. The van der Waals surface area contributed by atoms with Crippen LogP contribution in [0.2, 0.25) is 0 Å². The maximum atomic E-state index is 11.7. The molecule has 0 aliphatic carbocycles. The van der Waals surface area contributed by atoms with Crippen LogP contribution < -0.4 is 0 Å². The van der Waals surface area contributed by atoms with Crippen LogP contribution in [0.5, 0.6) is 0 Å². The van der Waals surface area contributed by atoms with Gasteiger partial charge in [0.25, 0.3) is 0 Å². The summed E-state index contributed by atoms with van der Waals surface area (Å²) in [5.41, 5.74) is 2.40. The SMILES string of the molecule is CSc1ccc(COC(=O)/C=C/c2ccc(C#N)cc2)cc1. The van der Waals surface area contributed by atoms with Crippen molar-refractivity contribution in [1.29, 1.82) is 5.26 Å². The molecule has 0 atom stereocenters. The molecule has 0 aliphatic rings. The van der Waals surface area contributed by atoms with Crippen LogP contribution in [0.4, 0.5) is 0 Å². The lowest BCUT2D eigenvalue weighted by Crippen LogP contribution is -2.00. The quantitative estimate of drug-likeness (QED) is 0.475. The van der Waals surface area contributed by atoms with Gasteiger partial charge in [0, 0.05) is 11.0 Å². The van der Waals surface area contributed by atoms with Crippen molar-refractivity contribution in [3.8, 4) is 6.07 Å².